The summed E-state index contributed by atoms with van der Waals surface area (Å²) < 4.78 is 15.8. The predicted octanol–water partition coefficient (Wildman–Crippen LogP) is 1.64. The summed E-state index contributed by atoms with van der Waals surface area (Å²) in [7, 11) is 1.64. The van der Waals surface area contributed by atoms with Gasteiger partial charge < -0.3 is 19.1 Å². The smallest absolute Gasteiger partial charge is 0.274 e. The Morgan fingerprint density at radius 3 is 2.64 bits per heavy atom. The molecule has 25 heavy (non-hydrogen) atoms. The number of morpholine rings is 1. The van der Waals surface area contributed by atoms with E-state index < -0.39 is 0 Å². The van der Waals surface area contributed by atoms with Gasteiger partial charge in [-0.25, -0.2) is 4.98 Å². The second kappa shape index (κ2) is 8.55. The number of methoxy groups -OCH3 is 1. The van der Waals surface area contributed by atoms with E-state index in [4.69, 9.17) is 14.2 Å². The molecule has 3 rings (SSSR count). The van der Waals surface area contributed by atoms with Crippen LogP contribution in [0.25, 0.3) is 11.3 Å². The van der Waals surface area contributed by atoms with Gasteiger partial charge in [-0.15, -0.1) is 0 Å². The molecule has 1 aromatic carbocycles. The van der Waals surface area contributed by atoms with Crippen molar-refractivity contribution in [3.8, 4) is 17.0 Å². The van der Waals surface area contributed by atoms with E-state index in [1.165, 1.54) is 6.20 Å². The molecule has 7 nitrogen and oxygen atoms in total. The molecule has 1 aromatic heterocycles. The highest BCUT2D eigenvalue weighted by Gasteiger charge is 2.20. The van der Waals surface area contributed by atoms with Crippen molar-refractivity contribution in [1.29, 1.82) is 0 Å². The number of rotatable bonds is 6. The predicted molar refractivity (Wildman–Crippen MR) is 91.6 cm³/mol. The number of aromatic nitrogens is 2. The third-order valence-electron chi connectivity index (χ3n) is 3.86. The number of hydrogen-bond acceptors (Lipinski definition) is 6. The zero-order valence-electron chi connectivity index (χ0n) is 14.2. The molecule has 0 bridgehead atoms. The van der Waals surface area contributed by atoms with Crippen LogP contribution in [-0.2, 0) is 9.47 Å². The molecule has 0 N–H and O–H groups in total. The van der Waals surface area contributed by atoms with Crippen molar-refractivity contribution in [2.24, 2.45) is 0 Å². The van der Waals surface area contributed by atoms with Gasteiger partial charge in [0.2, 0.25) is 0 Å². The Morgan fingerprint density at radius 2 is 1.92 bits per heavy atom. The van der Waals surface area contributed by atoms with E-state index in [-0.39, 0.29) is 5.91 Å². The zero-order valence-corrected chi connectivity index (χ0v) is 14.2. The fourth-order valence-corrected chi connectivity index (χ4v) is 2.50. The fourth-order valence-electron chi connectivity index (χ4n) is 2.50. The molecule has 0 saturated carbocycles. The van der Waals surface area contributed by atoms with Crippen molar-refractivity contribution in [2.75, 3.05) is 46.6 Å². The molecule has 7 heteroatoms. The third kappa shape index (κ3) is 4.52. The van der Waals surface area contributed by atoms with E-state index >= 15 is 0 Å². The largest absolute Gasteiger partial charge is 0.491 e. The fraction of sp³-hybridized carbons (Fsp3) is 0.389. The molecule has 1 amide bonds. The van der Waals surface area contributed by atoms with Crippen molar-refractivity contribution in [2.45, 2.75) is 0 Å². The summed E-state index contributed by atoms with van der Waals surface area (Å²) >= 11 is 0. The molecule has 1 saturated heterocycles. The Morgan fingerprint density at radius 1 is 1.16 bits per heavy atom. The minimum absolute atomic E-state index is 0.114. The lowest BCUT2D eigenvalue weighted by Gasteiger charge is -2.26. The summed E-state index contributed by atoms with van der Waals surface area (Å²) in [5.74, 6) is 0.645. The van der Waals surface area contributed by atoms with Crippen LogP contribution in [0.15, 0.2) is 36.7 Å². The number of carbonyl (C=O) groups excluding carboxylic acids is 1. The molecular weight excluding hydrogens is 322 g/mol. The summed E-state index contributed by atoms with van der Waals surface area (Å²) in [4.78, 5) is 22.9. The molecule has 0 unspecified atom stereocenters. The van der Waals surface area contributed by atoms with E-state index in [0.29, 0.717) is 50.9 Å². The quantitative estimate of drug-likeness (QED) is 0.743. The zero-order chi connectivity index (χ0) is 17.5. The van der Waals surface area contributed by atoms with Crippen molar-refractivity contribution in [1.82, 2.24) is 14.9 Å². The van der Waals surface area contributed by atoms with E-state index in [2.05, 4.69) is 9.97 Å². The van der Waals surface area contributed by atoms with E-state index in [1.807, 2.05) is 24.3 Å². The van der Waals surface area contributed by atoms with Gasteiger partial charge in [-0.3, -0.25) is 9.78 Å². The number of nitrogens with zero attached hydrogens (tertiary/aromatic N) is 3. The molecule has 1 fully saturated rings. The lowest BCUT2D eigenvalue weighted by Crippen LogP contribution is -2.41. The van der Waals surface area contributed by atoms with Gasteiger partial charge in [-0.1, -0.05) is 0 Å². The molecule has 1 aliphatic rings. The van der Waals surface area contributed by atoms with Crippen molar-refractivity contribution in [3.63, 3.8) is 0 Å². The van der Waals surface area contributed by atoms with E-state index in [9.17, 15) is 4.79 Å². The van der Waals surface area contributed by atoms with Gasteiger partial charge >= 0.3 is 0 Å². The first-order valence-electron chi connectivity index (χ1n) is 8.19. The molecule has 1 aliphatic heterocycles. The van der Waals surface area contributed by atoms with Gasteiger partial charge in [-0.05, 0) is 24.3 Å². The Balaban J connectivity index is 1.71. The monoisotopic (exact) mass is 343 g/mol. The molecule has 0 atom stereocenters. The van der Waals surface area contributed by atoms with E-state index in [0.717, 1.165) is 11.3 Å². The molecule has 0 aliphatic carbocycles. The highest BCUT2D eigenvalue weighted by atomic mass is 16.5. The van der Waals surface area contributed by atoms with Gasteiger partial charge in [0, 0.05) is 25.8 Å². The molecule has 0 radical (unpaired) electrons. The summed E-state index contributed by atoms with van der Waals surface area (Å²) in [6.45, 7) is 3.32. The third-order valence-corrected chi connectivity index (χ3v) is 3.86. The van der Waals surface area contributed by atoms with E-state index in [1.54, 1.807) is 18.2 Å². The second-order valence-electron chi connectivity index (χ2n) is 5.56. The average Bonchev–Trinajstić information content (AvgIpc) is 2.69. The normalized spacial score (nSPS) is 14.4. The van der Waals surface area contributed by atoms with Crippen LogP contribution in [0.3, 0.4) is 0 Å². The van der Waals surface area contributed by atoms with Gasteiger partial charge in [0.25, 0.3) is 5.91 Å². The summed E-state index contributed by atoms with van der Waals surface area (Å²) in [6.07, 6.45) is 3.15. The Kier molecular flexibility index (Phi) is 5.92. The molecular formula is C18H21N3O4. The lowest BCUT2D eigenvalue weighted by molar-refractivity contribution is 0.0299. The highest BCUT2D eigenvalue weighted by molar-refractivity contribution is 5.92. The maximum atomic E-state index is 12.5. The molecule has 2 heterocycles. The topological polar surface area (TPSA) is 73.8 Å². The van der Waals surface area contributed by atoms with Crippen LogP contribution in [0, 0.1) is 0 Å². The van der Waals surface area contributed by atoms with Crippen LogP contribution in [0.2, 0.25) is 0 Å². The van der Waals surface area contributed by atoms with Gasteiger partial charge in [0.1, 0.15) is 18.1 Å². The minimum Gasteiger partial charge on any atom is -0.491 e. The van der Waals surface area contributed by atoms with Gasteiger partial charge in [0.05, 0.1) is 37.9 Å². The Labute approximate surface area is 146 Å². The van der Waals surface area contributed by atoms with Gasteiger partial charge in [0.15, 0.2) is 0 Å². The Bertz CT molecular complexity index is 700. The summed E-state index contributed by atoms with van der Waals surface area (Å²) in [5, 5.41) is 0. The SMILES string of the molecule is COCCOc1ccc(-c2cncc(C(=O)N3CCOCC3)n2)cc1. The first kappa shape index (κ1) is 17.3. The first-order chi connectivity index (χ1) is 12.3. The number of benzene rings is 1. The van der Waals surface area contributed by atoms with Gasteiger partial charge in [-0.2, -0.15) is 0 Å². The number of amides is 1. The summed E-state index contributed by atoms with van der Waals surface area (Å²) in [6, 6.07) is 7.52. The lowest BCUT2D eigenvalue weighted by atomic mass is 10.1. The van der Waals surface area contributed by atoms with Crippen LogP contribution in [0.5, 0.6) is 5.75 Å². The number of ether oxygens (including phenoxy) is 3. The molecule has 2 aromatic rings. The standard InChI is InChI=1S/C18H21N3O4/c1-23-10-11-25-15-4-2-14(3-5-15)16-12-19-13-17(20-16)18(22)21-6-8-24-9-7-21/h2-5,12-13H,6-11H2,1H3. The van der Waals surface area contributed by atoms with Crippen molar-refractivity contribution >= 4 is 5.91 Å². The maximum Gasteiger partial charge on any atom is 0.274 e. The van der Waals surface area contributed by atoms with Crippen molar-refractivity contribution < 1.29 is 19.0 Å². The van der Waals surface area contributed by atoms with Crippen LogP contribution < -0.4 is 4.74 Å². The number of carbonyl (C=O) groups is 1. The Hall–Kier alpha value is -2.51. The van der Waals surface area contributed by atoms with Crippen LogP contribution in [0.1, 0.15) is 10.5 Å². The molecule has 132 valence electrons. The summed E-state index contributed by atoms with van der Waals surface area (Å²) in [5.41, 5.74) is 1.88. The van der Waals surface area contributed by atoms with Crippen molar-refractivity contribution in [3.05, 3.63) is 42.4 Å². The van der Waals surface area contributed by atoms with Crippen LogP contribution in [0.4, 0.5) is 0 Å². The minimum atomic E-state index is -0.114. The first-order valence-corrected chi connectivity index (χ1v) is 8.19. The van der Waals surface area contributed by atoms with Crippen LogP contribution in [-0.4, -0.2) is 67.4 Å². The average molecular weight is 343 g/mol. The highest BCUT2D eigenvalue weighted by Crippen LogP contribution is 2.20. The second-order valence-corrected chi connectivity index (χ2v) is 5.56. The van der Waals surface area contributed by atoms with Crippen LogP contribution >= 0.6 is 0 Å². The molecule has 0 spiro atoms. The number of hydrogen-bond donors (Lipinski definition) is 0. The maximum absolute atomic E-state index is 12.5.